The van der Waals surface area contributed by atoms with Crippen LogP contribution in [0, 0.1) is 11.8 Å². The Morgan fingerprint density at radius 1 is 1.39 bits per heavy atom. The van der Waals surface area contributed by atoms with Gasteiger partial charge in [-0.25, -0.2) is 4.79 Å². The fourth-order valence-corrected chi connectivity index (χ4v) is 3.64. The number of amides is 2. The zero-order chi connectivity index (χ0) is 16.4. The molecule has 0 aromatic heterocycles. The number of hydrogen-bond donors (Lipinski definition) is 2. The fraction of sp³-hybridized carbons (Fsp3) is 0.611. The van der Waals surface area contributed by atoms with Crippen LogP contribution in [0.1, 0.15) is 31.7 Å². The molecule has 1 saturated carbocycles. The molecular weight excluding hydrogens is 292 g/mol. The molecule has 2 amide bonds. The van der Waals surface area contributed by atoms with Gasteiger partial charge in [0.1, 0.15) is 5.75 Å². The molecule has 0 radical (unpaired) electrons. The number of aliphatic hydroxyl groups is 1. The van der Waals surface area contributed by atoms with E-state index in [-0.39, 0.29) is 11.9 Å². The average Bonchev–Trinajstić information content (AvgIpc) is 2.79. The Bertz CT molecular complexity index is 556. The second-order valence-electron chi connectivity index (χ2n) is 6.91. The molecule has 1 aliphatic carbocycles. The van der Waals surface area contributed by atoms with E-state index in [1.807, 2.05) is 24.3 Å². The lowest BCUT2D eigenvalue weighted by Gasteiger charge is -2.41. The maximum Gasteiger partial charge on any atom is 0.317 e. The molecule has 0 bridgehead atoms. The van der Waals surface area contributed by atoms with Crippen LogP contribution < -0.4 is 10.1 Å². The van der Waals surface area contributed by atoms with Crippen LogP contribution in [0.15, 0.2) is 24.3 Å². The number of benzene rings is 1. The van der Waals surface area contributed by atoms with Crippen LogP contribution >= 0.6 is 0 Å². The molecule has 3 rings (SSSR count). The first-order chi connectivity index (χ1) is 11.0. The third-order valence-electron chi connectivity index (χ3n) is 5.49. The summed E-state index contributed by atoms with van der Waals surface area (Å²) in [7, 11) is 1.63. The highest BCUT2D eigenvalue weighted by atomic mass is 16.5. The first-order valence-corrected chi connectivity index (χ1v) is 8.41. The second kappa shape index (κ2) is 6.40. The van der Waals surface area contributed by atoms with E-state index in [1.54, 1.807) is 12.0 Å². The van der Waals surface area contributed by atoms with Crippen LogP contribution in [0.2, 0.25) is 0 Å². The molecule has 0 unspecified atom stereocenters. The zero-order valence-corrected chi connectivity index (χ0v) is 13.9. The van der Waals surface area contributed by atoms with E-state index in [1.165, 1.54) is 6.42 Å². The molecule has 126 valence electrons. The molecule has 1 aliphatic heterocycles. The van der Waals surface area contributed by atoms with Gasteiger partial charge in [0.15, 0.2) is 0 Å². The predicted molar refractivity (Wildman–Crippen MR) is 88.3 cm³/mol. The molecule has 2 N–H and O–H groups in total. The van der Waals surface area contributed by atoms with Gasteiger partial charge in [-0.05, 0) is 36.5 Å². The summed E-state index contributed by atoms with van der Waals surface area (Å²) in [6, 6.07) is 7.55. The molecule has 1 aromatic rings. The van der Waals surface area contributed by atoms with Crippen molar-refractivity contribution in [1.82, 2.24) is 10.2 Å². The van der Waals surface area contributed by atoms with Gasteiger partial charge in [-0.15, -0.1) is 0 Å². The molecule has 0 spiro atoms. The number of ether oxygens (including phenoxy) is 1. The third kappa shape index (κ3) is 3.15. The number of carbonyl (C=O) groups is 1. The van der Waals surface area contributed by atoms with Crippen LogP contribution in [0.25, 0.3) is 0 Å². The Morgan fingerprint density at radius 2 is 2.09 bits per heavy atom. The van der Waals surface area contributed by atoms with Crippen molar-refractivity contribution < 1.29 is 14.6 Å². The van der Waals surface area contributed by atoms with E-state index in [2.05, 4.69) is 12.2 Å². The summed E-state index contributed by atoms with van der Waals surface area (Å²) in [5.41, 5.74) is 0.330. The fourth-order valence-electron chi connectivity index (χ4n) is 3.64. The Kier molecular flexibility index (Phi) is 4.48. The van der Waals surface area contributed by atoms with Crippen LogP contribution in [0.5, 0.6) is 5.75 Å². The van der Waals surface area contributed by atoms with Crippen LogP contribution in [-0.2, 0) is 6.54 Å². The molecule has 1 heterocycles. The maximum absolute atomic E-state index is 12.4. The molecule has 1 aromatic carbocycles. The highest BCUT2D eigenvalue weighted by Gasteiger charge is 2.50. The Morgan fingerprint density at radius 3 is 2.65 bits per heavy atom. The minimum Gasteiger partial charge on any atom is -0.497 e. The van der Waals surface area contributed by atoms with Crippen molar-refractivity contribution >= 4 is 6.03 Å². The van der Waals surface area contributed by atoms with E-state index >= 15 is 0 Å². The number of carbonyl (C=O) groups excluding carboxylic acids is 1. The minimum atomic E-state index is -0.699. The van der Waals surface area contributed by atoms with Crippen LogP contribution in [-0.4, -0.2) is 41.8 Å². The number of nitrogens with zero attached hydrogens (tertiary/aromatic N) is 1. The highest BCUT2D eigenvalue weighted by Crippen LogP contribution is 2.44. The maximum atomic E-state index is 12.4. The van der Waals surface area contributed by atoms with E-state index in [0.29, 0.717) is 25.6 Å². The van der Waals surface area contributed by atoms with Gasteiger partial charge in [0.25, 0.3) is 0 Å². The van der Waals surface area contributed by atoms with Crippen LogP contribution in [0.4, 0.5) is 4.79 Å². The van der Waals surface area contributed by atoms with E-state index in [4.69, 9.17) is 4.74 Å². The van der Waals surface area contributed by atoms with E-state index < -0.39 is 5.60 Å². The van der Waals surface area contributed by atoms with Crippen molar-refractivity contribution in [2.24, 2.45) is 11.8 Å². The van der Waals surface area contributed by atoms with Gasteiger partial charge in [0.05, 0.1) is 19.3 Å². The monoisotopic (exact) mass is 318 g/mol. The number of urea groups is 1. The number of rotatable bonds is 4. The standard InChI is InChI=1S/C18H26N2O3/c1-13-11-20(12-18(13,22)15-4-3-5-15)17(21)19-10-14-6-8-16(23-2)9-7-14/h6-9,13,15,22H,3-5,10-12H2,1-2H3,(H,19,21)/t13-,18+/m1/s1. The Labute approximate surface area is 137 Å². The lowest BCUT2D eigenvalue weighted by atomic mass is 9.69. The number of β-amino-alcohol motifs (C(OH)–C–C–N with tert-alkyl or cyclic N) is 1. The molecule has 5 heteroatoms. The molecular formula is C18H26N2O3. The molecule has 2 fully saturated rings. The van der Waals surface area contributed by atoms with Gasteiger partial charge in [-0.3, -0.25) is 0 Å². The summed E-state index contributed by atoms with van der Waals surface area (Å²) in [5.74, 6) is 1.30. The molecule has 2 aliphatic rings. The molecule has 23 heavy (non-hydrogen) atoms. The summed E-state index contributed by atoms with van der Waals surface area (Å²) >= 11 is 0. The number of hydrogen-bond acceptors (Lipinski definition) is 3. The van der Waals surface area contributed by atoms with Gasteiger partial charge in [0.2, 0.25) is 0 Å². The van der Waals surface area contributed by atoms with Crippen molar-refractivity contribution in [3.63, 3.8) is 0 Å². The van der Waals surface area contributed by atoms with Gasteiger partial charge < -0.3 is 20.1 Å². The lowest BCUT2D eigenvalue weighted by molar-refractivity contribution is -0.0656. The van der Waals surface area contributed by atoms with Crippen molar-refractivity contribution in [3.8, 4) is 5.75 Å². The largest absolute Gasteiger partial charge is 0.497 e. The summed E-state index contributed by atoms with van der Waals surface area (Å²) in [6.45, 7) is 3.61. The highest BCUT2D eigenvalue weighted by molar-refractivity contribution is 5.74. The lowest BCUT2D eigenvalue weighted by Crippen LogP contribution is -2.48. The molecule has 1 saturated heterocycles. The van der Waals surface area contributed by atoms with Crippen molar-refractivity contribution in [2.45, 2.75) is 38.3 Å². The number of methoxy groups -OCH3 is 1. The topological polar surface area (TPSA) is 61.8 Å². The smallest absolute Gasteiger partial charge is 0.317 e. The Hall–Kier alpha value is -1.75. The van der Waals surface area contributed by atoms with E-state index in [0.717, 1.165) is 24.2 Å². The summed E-state index contributed by atoms with van der Waals surface area (Å²) in [5, 5.41) is 13.9. The molecule has 5 nitrogen and oxygen atoms in total. The van der Waals surface area contributed by atoms with Crippen molar-refractivity contribution in [3.05, 3.63) is 29.8 Å². The number of nitrogens with one attached hydrogen (secondary N) is 1. The average molecular weight is 318 g/mol. The first kappa shape index (κ1) is 16.1. The SMILES string of the molecule is COc1ccc(CNC(=O)N2C[C@@H](C)[C@](O)(C3CCC3)C2)cc1. The first-order valence-electron chi connectivity index (χ1n) is 8.41. The minimum absolute atomic E-state index is 0.0945. The Balaban J connectivity index is 1.54. The zero-order valence-electron chi connectivity index (χ0n) is 13.9. The van der Waals surface area contributed by atoms with Gasteiger partial charge in [0, 0.05) is 19.0 Å². The quantitative estimate of drug-likeness (QED) is 0.896. The molecule has 2 atom stereocenters. The van der Waals surface area contributed by atoms with Crippen molar-refractivity contribution in [2.75, 3.05) is 20.2 Å². The van der Waals surface area contributed by atoms with Gasteiger partial charge in [-0.1, -0.05) is 25.5 Å². The number of likely N-dealkylation sites (tertiary alicyclic amines) is 1. The summed E-state index contributed by atoms with van der Waals surface area (Å²) in [6.07, 6.45) is 3.37. The summed E-state index contributed by atoms with van der Waals surface area (Å²) < 4.78 is 5.13. The van der Waals surface area contributed by atoms with E-state index in [9.17, 15) is 9.90 Å². The third-order valence-corrected chi connectivity index (χ3v) is 5.49. The summed E-state index contributed by atoms with van der Waals surface area (Å²) in [4.78, 5) is 14.1. The normalized spacial score (nSPS) is 27.6. The van der Waals surface area contributed by atoms with Gasteiger partial charge >= 0.3 is 6.03 Å². The van der Waals surface area contributed by atoms with Crippen LogP contribution in [0.3, 0.4) is 0 Å². The second-order valence-corrected chi connectivity index (χ2v) is 6.91. The van der Waals surface area contributed by atoms with Gasteiger partial charge in [-0.2, -0.15) is 0 Å². The van der Waals surface area contributed by atoms with Crippen molar-refractivity contribution in [1.29, 1.82) is 0 Å². The predicted octanol–water partition coefficient (Wildman–Crippen LogP) is 2.39.